The van der Waals surface area contributed by atoms with E-state index >= 15 is 0 Å². The van der Waals surface area contributed by atoms with Gasteiger partial charge in [0.1, 0.15) is 0 Å². The van der Waals surface area contributed by atoms with Gasteiger partial charge in [-0.2, -0.15) is 4.31 Å². The molecule has 2 aromatic rings. The van der Waals surface area contributed by atoms with Crippen molar-refractivity contribution >= 4 is 31.6 Å². The molecule has 0 unspecified atom stereocenters. The fourth-order valence-electron chi connectivity index (χ4n) is 3.18. The van der Waals surface area contributed by atoms with Crippen molar-refractivity contribution in [2.75, 3.05) is 32.5 Å². The van der Waals surface area contributed by atoms with E-state index in [4.69, 9.17) is 0 Å². The molecule has 1 saturated heterocycles. The lowest BCUT2D eigenvalue weighted by molar-refractivity contribution is 0.102. The highest BCUT2D eigenvalue weighted by atomic mass is 32.2. The third-order valence-corrected chi connectivity index (χ3v) is 8.66. The van der Waals surface area contributed by atoms with Crippen molar-refractivity contribution in [1.82, 2.24) is 8.61 Å². The van der Waals surface area contributed by atoms with Gasteiger partial charge in [0.15, 0.2) is 0 Å². The number of carbonyl (C=O) groups is 1. The molecule has 2 aromatic carbocycles. The Morgan fingerprint density at radius 2 is 1.53 bits per heavy atom. The number of nitrogens with one attached hydrogen (secondary N) is 1. The minimum absolute atomic E-state index is 0.0821. The number of benzene rings is 2. The number of carbonyl (C=O) groups excluding carboxylic acids is 1. The number of rotatable bonds is 6. The summed E-state index contributed by atoms with van der Waals surface area (Å²) in [6.07, 6.45) is 2.71. The molecule has 0 aromatic heterocycles. The smallest absolute Gasteiger partial charge is 0.255 e. The van der Waals surface area contributed by atoms with Crippen LogP contribution in [0.2, 0.25) is 0 Å². The van der Waals surface area contributed by atoms with E-state index in [2.05, 4.69) is 5.32 Å². The predicted octanol–water partition coefficient (Wildman–Crippen LogP) is 2.36. The van der Waals surface area contributed by atoms with E-state index in [1.54, 1.807) is 12.1 Å². The zero-order chi connectivity index (χ0) is 21.9. The number of piperidine rings is 1. The molecule has 1 amide bonds. The highest BCUT2D eigenvalue weighted by Crippen LogP contribution is 2.23. The molecule has 0 aliphatic carbocycles. The van der Waals surface area contributed by atoms with Gasteiger partial charge in [-0.15, -0.1) is 0 Å². The van der Waals surface area contributed by atoms with Crippen LogP contribution in [0.5, 0.6) is 0 Å². The van der Waals surface area contributed by atoms with E-state index in [1.807, 2.05) is 0 Å². The van der Waals surface area contributed by atoms with Gasteiger partial charge in [0.2, 0.25) is 20.0 Å². The second-order valence-corrected chi connectivity index (χ2v) is 11.3. The molecule has 1 fully saturated rings. The minimum Gasteiger partial charge on any atom is -0.322 e. The van der Waals surface area contributed by atoms with Gasteiger partial charge in [-0.05, 0) is 55.3 Å². The molecule has 1 heterocycles. The van der Waals surface area contributed by atoms with Gasteiger partial charge in [0.05, 0.1) is 9.79 Å². The molecule has 0 spiro atoms. The molecule has 0 radical (unpaired) electrons. The molecular formula is C20H25N3O5S2. The monoisotopic (exact) mass is 451 g/mol. The first-order chi connectivity index (χ1) is 14.1. The molecule has 0 bridgehead atoms. The molecular weight excluding hydrogens is 426 g/mol. The van der Waals surface area contributed by atoms with Crippen LogP contribution in [0.1, 0.15) is 29.6 Å². The van der Waals surface area contributed by atoms with Gasteiger partial charge in [-0.3, -0.25) is 4.79 Å². The Bertz CT molecular complexity index is 1120. The van der Waals surface area contributed by atoms with Crippen molar-refractivity contribution in [1.29, 1.82) is 0 Å². The van der Waals surface area contributed by atoms with Gasteiger partial charge in [-0.25, -0.2) is 21.1 Å². The van der Waals surface area contributed by atoms with E-state index in [9.17, 15) is 21.6 Å². The molecule has 0 saturated carbocycles. The zero-order valence-electron chi connectivity index (χ0n) is 16.9. The maximum atomic E-state index is 12.8. The number of amides is 1. The summed E-state index contributed by atoms with van der Waals surface area (Å²) in [6.45, 7) is 1.00. The average molecular weight is 452 g/mol. The lowest BCUT2D eigenvalue weighted by Crippen LogP contribution is -2.35. The number of anilines is 1. The van der Waals surface area contributed by atoms with Gasteiger partial charge in [0, 0.05) is 38.4 Å². The Morgan fingerprint density at radius 1 is 0.900 bits per heavy atom. The summed E-state index contributed by atoms with van der Waals surface area (Å²) in [6, 6.07) is 11.7. The maximum absolute atomic E-state index is 12.8. The first-order valence-electron chi connectivity index (χ1n) is 9.56. The quantitative estimate of drug-likeness (QED) is 0.726. The van der Waals surface area contributed by atoms with Crippen molar-refractivity contribution in [2.24, 2.45) is 0 Å². The molecule has 1 N–H and O–H groups in total. The fourth-order valence-corrected chi connectivity index (χ4v) is 5.65. The maximum Gasteiger partial charge on any atom is 0.255 e. The Hall–Kier alpha value is -2.27. The number of hydrogen-bond donors (Lipinski definition) is 1. The van der Waals surface area contributed by atoms with E-state index in [0.29, 0.717) is 18.8 Å². The van der Waals surface area contributed by atoms with Crippen molar-refractivity contribution in [2.45, 2.75) is 29.1 Å². The fraction of sp³-hybridized carbons (Fsp3) is 0.350. The Balaban J connectivity index is 1.77. The molecule has 0 atom stereocenters. The molecule has 10 heteroatoms. The van der Waals surface area contributed by atoms with Crippen LogP contribution in [0.4, 0.5) is 5.69 Å². The van der Waals surface area contributed by atoms with Crippen LogP contribution < -0.4 is 5.32 Å². The van der Waals surface area contributed by atoms with Crippen LogP contribution in [-0.4, -0.2) is 58.5 Å². The van der Waals surface area contributed by atoms with Crippen LogP contribution in [0.3, 0.4) is 0 Å². The van der Waals surface area contributed by atoms with Gasteiger partial charge in [0.25, 0.3) is 5.91 Å². The average Bonchev–Trinajstić information content (AvgIpc) is 2.74. The van der Waals surface area contributed by atoms with E-state index in [0.717, 1.165) is 23.6 Å². The van der Waals surface area contributed by atoms with Gasteiger partial charge < -0.3 is 5.32 Å². The van der Waals surface area contributed by atoms with Crippen molar-refractivity contribution in [3.8, 4) is 0 Å². The third-order valence-electron chi connectivity index (χ3n) is 4.94. The highest BCUT2D eigenvalue weighted by molar-refractivity contribution is 7.89. The first kappa shape index (κ1) is 22.4. The molecule has 3 rings (SSSR count). The molecule has 30 heavy (non-hydrogen) atoms. The summed E-state index contributed by atoms with van der Waals surface area (Å²) < 4.78 is 52.5. The standard InChI is InChI=1S/C20H25N3O5S2/c1-22(2)29(25,26)18-11-9-16(10-12-18)20(24)21-17-7-6-8-19(15-17)30(27,28)23-13-4-3-5-14-23/h6-12,15H,3-5,13-14H2,1-2H3,(H,21,24). The SMILES string of the molecule is CN(C)S(=O)(=O)c1ccc(C(=O)Nc2cccc(S(=O)(=O)N3CCCCC3)c2)cc1. The highest BCUT2D eigenvalue weighted by Gasteiger charge is 2.26. The Kier molecular flexibility index (Phi) is 6.61. The van der Waals surface area contributed by atoms with Gasteiger partial charge >= 0.3 is 0 Å². The van der Waals surface area contributed by atoms with Crippen molar-refractivity contribution < 1.29 is 21.6 Å². The largest absolute Gasteiger partial charge is 0.322 e. The summed E-state index contributed by atoms with van der Waals surface area (Å²) in [5, 5.41) is 2.67. The molecule has 8 nitrogen and oxygen atoms in total. The number of hydrogen-bond acceptors (Lipinski definition) is 5. The lowest BCUT2D eigenvalue weighted by Gasteiger charge is -2.26. The molecule has 1 aliphatic heterocycles. The lowest BCUT2D eigenvalue weighted by atomic mass is 10.2. The topological polar surface area (TPSA) is 104 Å². The zero-order valence-corrected chi connectivity index (χ0v) is 18.5. The second-order valence-electron chi connectivity index (χ2n) is 7.26. The summed E-state index contributed by atoms with van der Waals surface area (Å²) >= 11 is 0. The summed E-state index contributed by atoms with van der Waals surface area (Å²) in [5.41, 5.74) is 0.611. The van der Waals surface area contributed by atoms with Crippen molar-refractivity contribution in [3.63, 3.8) is 0 Å². The summed E-state index contributed by atoms with van der Waals surface area (Å²) in [5.74, 6) is -0.462. The minimum atomic E-state index is -3.60. The van der Waals surface area contributed by atoms with Crippen LogP contribution in [0.15, 0.2) is 58.3 Å². The second kappa shape index (κ2) is 8.84. The normalized spacial score (nSPS) is 15.8. The Morgan fingerprint density at radius 3 is 2.13 bits per heavy atom. The summed E-state index contributed by atoms with van der Waals surface area (Å²) in [7, 11) is -4.32. The van der Waals surface area contributed by atoms with Gasteiger partial charge in [-0.1, -0.05) is 12.5 Å². The van der Waals surface area contributed by atoms with Crippen LogP contribution in [-0.2, 0) is 20.0 Å². The molecule has 1 aliphatic rings. The predicted molar refractivity (Wildman–Crippen MR) is 114 cm³/mol. The van der Waals surface area contributed by atoms with Crippen LogP contribution in [0, 0.1) is 0 Å². The number of nitrogens with zero attached hydrogens (tertiary/aromatic N) is 2. The molecule has 162 valence electrons. The first-order valence-corrected chi connectivity index (χ1v) is 12.4. The van der Waals surface area contributed by atoms with Crippen molar-refractivity contribution in [3.05, 3.63) is 54.1 Å². The third kappa shape index (κ3) is 4.72. The Labute approximate surface area is 177 Å². The van der Waals surface area contributed by atoms with Crippen LogP contribution >= 0.6 is 0 Å². The number of sulfonamides is 2. The van der Waals surface area contributed by atoms with E-state index in [1.165, 1.54) is 54.8 Å². The van der Waals surface area contributed by atoms with E-state index < -0.39 is 26.0 Å². The summed E-state index contributed by atoms with van der Waals surface area (Å²) in [4.78, 5) is 12.8. The van der Waals surface area contributed by atoms with Crippen LogP contribution in [0.25, 0.3) is 0 Å². The van der Waals surface area contributed by atoms with E-state index in [-0.39, 0.29) is 15.4 Å².